The minimum absolute atomic E-state index is 1.16. The van der Waals surface area contributed by atoms with Gasteiger partial charge in [0, 0.05) is 0 Å². The lowest BCUT2D eigenvalue weighted by atomic mass is 9.86. The zero-order valence-corrected chi connectivity index (χ0v) is 19.0. The van der Waals surface area contributed by atoms with Gasteiger partial charge in [0.05, 0.1) is 0 Å². The molecule has 0 amide bonds. The predicted octanol–water partition coefficient (Wildman–Crippen LogP) is 9.46. The van der Waals surface area contributed by atoms with Crippen LogP contribution in [-0.4, -0.2) is 0 Å². The van der Waals surface area contributed by atoms with E-state index >= 15 is 0 Å². The molecule has 0 aliphatic carbocycles. The van der Waals surface area contributed by atoms with Crippen molar-refractivity contribution in [2.75, 3.05) is 0 Å². The third-order valence-corrected chi connectivity index (χ3v) is 3.38. The summed E-state index contributed by atoms with van der Waals surface area (Å²) in [6.45, 7) is 28.2. The zero-order chi connectivity index (χ0) is 21.1. The topological polar surface area (TPSA) is 0 Å². The maximum Gasteiger partial charge on any atom is -0.0105 e. The molecule has 0 heteroatoms. The molecule has 1 aromatic carbocycles. The normalized spacial score (nSPS) is 9.77. The number of rotatable bonds is 5. The summed E-state index contributed by atoms with van der Waals surface area (Å²) in [6.07, 6.45) is 16.5. The molecule has 0 saturated heterocycles. The van der Waals surface area contributed by atoms with Crippen molar-refractivity contribution < 1.29 is 0 Å². The lowest BCUT2D eigenvalue weighted by Gasteiger charge is -2.18. The maximum absolute atomic E-state index is 4.00. The van der Waals surface area contributed by atoms with Crippen molar-refractivity contribution in [1.82, 2.24) is 0 Å². The average Bonchev–Trinajstić information content (AvgIpc) is 2.70. The van der Waals surface area contributed by atoms with E-state index in [4.69, 9.17) is 0 Å². The third kappa shape index (κ3) is 7.87. The highest BCUT2D eigenvalue weighted by Gasteiger charge is 2.14. The molecule has 146 valence electrons. The fourth-order valence-corrected chi connectivity index (χ4v) is 2.54. The number of allylic oxidation sites excluding steroid dienone is 3. The van der Waals surface area contributed by atoms with Gasteiger partial charge in [-0.3, -0.25) is 0 Å². The highest BCUT2D eigenvalue weighted by Crippen LogP contribution is 2.32. The number of hydrogen-bond donors (Lipinski definition) is 0. The molecule has 0 spiro atoms. The monoisotopic (exact) mass is 354 g/mol. The van der Waals surface area contributed by atoms with E-state index in [0.717, 1.165) is 5.56 Å². The highest BCUT2D eigenvalue weighted by atomic mass is 14.2. The zero-order valence-electron chi connectivity index (χ0n) is 19.0. The SMILES string of the molecule is C=Cc1c(C)c(/C=C\C)c(/C=C\C)c(C=C)c1/C=C\C.CC.CC.CC. The molecule has 0 aliphatic rings. The van der Waals surface area contributed by atoms with E-state index in [-0.39, 0.29) is 0 Å². The molecule has 0 radical (unpaired) electrons. The standard InChI is InChI=1S/C20H24.3C2H6/c1-7-12-18-15(6)16(10-4)19(13-8-2)17(11-5)20(18)14-9-3;3*1-2/h7-14H,4-5H2,1-3,6H3;3*1-2H3/b12-7-,13-8-,14-9-;;;. The first-order valence-corrected chi connectivity index (χ1v) is 9.99. The predicted molar refractivity (Wildman–Crippen MR) is 130 cm³/mol. The van der Waals surface area contributed by atoms with Crippen molar-refractivity contribution >= 4 is 30.4 Å². The molecular weight excluding hydrogens is 312 g/mol. The van der Waals surface area contributed by atoms with Gasteiger partial charge in [-0.15, -0.1) is 0 Å². The highest BCUT2D eigenvalue weighted by molar-refractivity contribution is 5.86. The van der Waals surface area contributed by atoms with Crippen LogP contribution in [0.15, 0.2) is 31.4 Å². The van der Waals surface area contributed by atoms with Crippen LogP contribution in [0.1, 0.15) is 95.7 Å². The van der Waals surface area contributed by atoms with Crippen molar-refractivity contribution in [1.29, 1.82) is 0 Å². The van der Waals surface area contributed by atoms with Crippen molar-refractivity contribution in [3.63, 3.8) is 0 Å². The van der Waals surface area contributed by atoms with Gasteiger partial charge in [0.1, 0.15) is 0 Å². The largest absolute Gasteiger partial charge is 0.0984 e. The van der Waals surface area contributed by atoms with Crippen molar-refractivity contribution in [3.05, 3.63) is 64.8 Å². The van der Waals surface area contributed by atoms with Crippen LogP contribution < -0.4 is 0 Å². The summed E-state index contributed by atoms with van der Waals surface area (Å²) >= 11 is 0. The van der Waals surface area contributed by atoms with E-state index in [0.29, 0.717) is 0 Å². The molecule has 0 saturated carbocycles. The van der Waals surface area contributed by atoms with Crippen LogP contribution >= 0.6 is 0 Å². The quantitative estimate of drug-likeness (QED) is 0.494. The van der Waals surface area contributed by atoms with Gasteiger partial charge in [0.25, 0.3) is 0 Å². The minimum Gasteiger partial charge on any atom is -0.0984 e. The minimum atomic E-state index is 1.16. The molecule has 0 atom stereocenters. The van der Waals surface area contributed by atoms with Gasteiger partial charge < -0.3 is 0 Å². The molecule has 26 heavy (non-hydrogen) atoms. The second-order valence-electron chi connectivity index (χ2n) is 4.60. The molecule has 0 aliphatic heterocycles. The summed E-state index contributed by atoms with van der Waals surface area (Å²) in [4.78, 5) is 0. The molecule has 0 unspecified atom stereocenters. The molecule has 0 heterocycles. The first-order chi connectivity index (χ1) is 12.7. The van der Waals surface area contributed by atoms with Crippen LogP contribution in [0.3, 0.4) is 0 Å². The fraction of sp³-hybridized carbons (Fsp3) is 0.385. The van der Waals surface area contributed by atoms with E-state index in [1.165, 1.54) is 27.8 Å². The summed E-state index contributed by atoms with van der Waals surface area (Å²) < 4.78 is 0. The Labute approximate surface area is 164 Å². The van der Waals surface area contributed by atoms with Crippen molar-refractivity contribution in [2.45, 2.75) is 69.2 Å². The Kier molecular flexibility index (Phi) is 21.3. The van der Waals surface area contributed by atoms with Crippen LogP contribution in [0.5, 0.6) is 0 Å². The lowest BCUT2D eigenvalue weighted by molar-refractivity contribution is 1.37. The average molecular weight is 355 g/mol. The van der Waals surface area contributed by atoms with Gasteiger partial charge in [0.15, 0.2) is 0 Å². The molecule has 0 fully saturated rings. The molecule has 0 nitrogen and oxygen atoms in total. The summed E-state index contributed by atoms with van der Waals surface area (Å²) in [5.41, 5.74) is 7.25. The van der Waals surface area contributed by atoms with Crippen LogP contribution in [0, 0.1) is 6.92 Å². The smallest absolute Gasteiger partial charge is 0.0105 e. The first kappa shape index (κ1) is 28.7. The van der Waals surface area contributed by atoms with E-state index in [2.05, 4.69) is 56.5 Å². The second kappa shape index (κ2) is 19.2. The molecule has 0 bridgehead atoms. The van der Waals surface area contributed by atoms with Gasteiger partial charge >= 0.3 is 0 Å². The molecule has 0 aromatic heterocycles. The molecular formula is C26H42. The lowest BCUT2D eigenvalue weighted by Crippen LogP contribution is -1.99. The molecule has 0 N–H and O–H groups in total. The van der Waals surface area contributed by atoms with Gasteiger partial charge in [0.2, 0.25) is 0 Å². The Morgan fingerprint density at radius 3 is 1.12 bits per heavy atom. The van der Waals surface area contributed by atoms with Crippen LogP contribution in [0.25, 0.3) is 30.4 Å². The third-order valence-electron chi connectivity index (χ3n) is 3.38. The molecule has 1 aromatic rings. The second-order valence-corrected chi connectivity index (χ2v) is 4.60. The Balaban J connectivity index is -0.000000795. The van der Waals surface area contributed by atoms with Crippen LogP contribution in [0.2, 0.25) is 0 Å². The van der Waals surface area contributed by atoms with Crippen molar-refractivity contribution in [2.24, 2.45) is 0 Å². The first-order valence-electron chi connectivity index (χ1n) is 9.99. The summed E-state index contributed by atoms with van der Waals surface area (Å²) in [5.74, 6) is 0. The Morgan fingerprint density at radius 2 is 0.808 bits per heavy atom. The van der Waals surface area contributed by atoms with Gasteiger partial charge in [-0.1, -0.05) is 103 Å². The van der Waals surface area contributed by atoms with Gasteiger partial charge in [-0.05, 0) is 61.1 Å². The Bertz CT molecular complexity index is 593. The molecule has 1 rings (SSSR count). The maximum atomic E-state index is 4.00. The van der Waals surface area contributed by atoms with Gasteiger partial charge in [-0.25, -0.2) is 0 Å². The van der Waals surface area contributed by atoms with Crippen LogP contribution in [0.4, 0.5) is 0 Å². The Morgan fingerprint density at radius 1 is 0.500 bits per heavy atom. The van der Waals surface area contributed by atoms with E-state index in [9.17, 15) is 0 Å². The Hall–Kier alpha value is -2.08. The number of benzene rings is 1. The van der Waals surface area contributed by atoms with E-state index in [1.54, 1.807) is 0 Å². The summed E-state index contributed by atoms with van der Waals surface area (Å²) in [7, 11) is 0. The summed E-state index contributed by atoms with van der Waals surface area (Å²) in [6, 6.07) is 0. The number of hydrogen-bond acceptors (Lipinski definition) is 0. The van der Waals surface area contributed by atoms with Crippen molar-refractivity contribution in [3.8, 4) is 0 Å². The van der Waals surface area contributed by atoms with Gasteiger partial charge in [-0.2, -0.15) is 0 Å². The fourth-order valence-electron chi connectivity index (χ4n) is 2.54. The van der Waals surface area contributed by atoms with Crippen LogP contribution in [-0.2, 0) is 0 Å². The summed E-state index contributed by atoms with van der Waals surface area (Å²) in [5, 5.41) is 0. The van der Waals surface area contributed by atoms with E-state index < -0.39 is 0 Å². The van der Waals surface area contributed by atoms with E-state index in [1.807, 2.05) is 74.5 Å².